The molecular weight excluding hydrogens is 287 g/mol. The minimum Gasteiger partial charge on any atom is -0.480 e. The van der Waals surface area contributed by atoms with Gasteiger partial charge in [-0.25, -0.2) is 18.0 Å². The van der Waals surface area contributed by atoms with Gasteiger partial charge in [0.2, 0.25) is 5.91 Å². The first kappa shape index (κ1) is 15.3. The molecule has 1 aromatic carbocycles. The van der Waals surface area contributed by atoms with Gasteiger partial charge in [-0.15, -0.1) is 0 Å². The first-order valence-corrected chi connectivity index (χ1v) is 6.46. The topological polar surface area (TPSA) is 66.4 Å². The van der Waals surface area contributed by atoms with Crippen molar-refractivity contribution in [3.63, 3.8) is 0 Å². The fourth-order valence-corrected chi connectivity index (χ4v) is 2.49. The molecule has 21 heavy (non-hydrogen) atoms. The van der Waals surface area contributed by atoms with E-state index in [1.165, 1.54) is 6.07 Å². The zero-order valence-electron chi connectivity index (χ0n) is 11.0. The summed E-state index contributed by atoms with van der Waals surface area (Å²) < 4.78 is 39.5. The molecule has 2 N–H and O–H groups in total. The lowest BCUT2D eigenvalue weighted by Crippen LogP contribution is -2.54. The van der Waals surface area contributed by atoms with Gasteiger partial charge in [0.15, 0.2) is 6.04 Å². The van der Waals surface area contributed by atoms with Crippen LogP contribution < -0.4 is 5.32 Å². The van der Waals surface area contributed by atoms with Gasteiger partial charge in [0.1, 0.15) is 18.3 Å². The molecule has 1 amide bonds. The van der Waals surface area contributed by atoms with Crippen LogP contribution in [0.2, 0.25) is 0 Å². The van der Waals surface area contributed by atoms with E-state index in [1.807, 2.05) is 0 Å². The zero-order chi connectivity index (χ0) is 15.6. The molecule has 1 aromatic rings. The van der Waals surface area contributed by atoms with Crippen LogP contribution in [0.25, 0.3) is 0 Å². The Hall–Kier alpha value is -2.05. The van der Waals surface area contributed by atoms with E-state index >= 15 is 0 Å². The van der Waals surface area contributed by atoms with E-state index in [0.717, 1.165) is 6.07 Å². The van der Waals surface area contributed by atoms with Gasteiger partial charge < -0.3 is 10.4 Å². The maximum absolute atomic E-state index is 13.9. The number of hydrogen-bond acceptors (Lipinski definition) is 2. The van der Waals surface area contributed by atoms with E-state index in [2.05, 4.69) is 5.32 Å². The van der Waals surface area contributed by atoms with Crippen LogP contribution in [0.15, 0.2) is 18.2 Å². The Morgan fingerprint density at radius 2 is 2.00 bits per heavy atom. The number of hydrogen-bond donors (Lipinski definition) is 2. The highest BCUT2D eigenvalue weighted by Gasteiger charge is 2.48. The second-order valence-corrected chi connectivity index (χ2v) is 5.08. The van der Waals surface area contributed by atoms with Crippen molar-refractivity contribution in [2.24, 2.45) is 0 Å². The minimum absolute atomic E-state index is 0.00986. The van der Waals surface area contributed by atoms with Gasteiger partial charge in [-0.2, -0.15) is 0 Å². The highest BCUT2D eigenvalue weighted by Crippen LogP contribution is 2.45. The first-order chi connectivity index (χ1) is 9.90. The Kier molecular flexibility index (Phi) is 4.20. The molecule has 0 spiro atoms. The predicted octanol–water partition coefficient (Wildman–Crippen LogP) is 1.93. The summed E-state index contributed by atoms with van der Waals surface area (Å²) in [5.74, 6) is -3.88. The number of alkyl halides is 1. The van der Waals surface area contributed by atoms with E-state index in [-0.39, 0.29) is 5.56 Å². The van der Waals surface area contributed by atoms with Crippen LogP contribution in [0, 0.1) is 11.6 Å². The van der Waals surface area contributed by atoms with Gasteiger partial charge in [-0.3, -0.25) is 4.79 Å². The molecule has 0 bridgehead atoms. The zero-order valence-corrected chi connectivity index (χ0v) is 11.0. The third-order valence-electron chi connectivity index (χ3n) is 3.85. The van der Waals surface area contributed by atoms with E-state index < -0.39 is 41.6 Å². The van der Waals surface area contributed by atoms with Gasteiger partial charge in [0.05, 0.1) is 5.41 Å². The third kappa shape index (κ3) is 2.72. The molecule has 7 heteroatoms. The van der Waals surface area contributed by atoms with Gasteiger partial charge in [0, 0.05) is 11.6 Å². The average Bonchev–Trinajstić information content (AvgIpc) is 2.36. The van der Waals surface area contributed by atoms with Crippen LogP contribution in [0.5, 0.6) is 0 Å². The number of aliphatic carboxylic acids is 1. The van der Waals surface area contributed by atoms with Crippen LogP contribution in [0.4, 0.5) is 13.2 Å². The lowest BCUT2D eigenvalue weighted by atomic mass is 9.63. The Labute approximate surface area is 119 Å². The second-order valence-electron chi connectivity index (χ2n) is 5.08. The number of carbonyl (C=O) groups excluding carboxylic acids is 1. The first-order valence-electron chi connectivity index (χ1n) is 6.46. The molecule has 1 saturated carbocycles. The van der Waals surface area contributed by atoms with Gasteiger partial charge >= 0.3 is 5.97 Å². The average molecular weight is 301 g/mol. The van der Waals surface area contributed by atoms with E-state index in [0.29, 0.717) is 25.3 Å². The molecule has 0 saturated heterocycles. The van der Waals surface area contributed by atoms with Crippen molar-refractivity contribution >= 4 is 11.9 Å². The van der Waals surface area contributed by atoms with Crippen LogP contribution >= 0.6 is 0 Å². The number of carboxylic acid groups (broad SMARTS) is 1. The lowest BCUT2D eigenvalue weighted by Gasteiger charge is -2.41. The summed E-state index contributed by atoms with van der Waals surface area (Å²) in [5, 5.41) is 10.8. The molecule has 1 atom stereocenters. The van der Waals surface area contributed by atoms with Crippen LogP contribution in [-0.4, -0.2) is 29.7 Å². The number of rotatable bonds is 5. The molecule has 0 aliphatic heterocycles. The standard InChI is InChI=1S/C14H14F3NO3/c15-7-11(12(19)20)18-13(21)14(4-1-5-14)9-3-2-8(16)6-10(9)17/h2-3,6,11H,1,4-5,7H2,(H,18,21)(H,19,20). The van der Waals surface area contributed by atoms with Crippen molar-refractivity contribution in [2.75, 3.05) is 6.67 Å². The maximum Gasteiger partial charge on any atom is 0.328 e. The fraction of sp³-hybridized carbons (Fsp3) is 0.429. The van der Waals surface area contributed by atoms with Crippen molar-refractivity contribution in [3.05, 3.63) is 35.4 Å². The summed E-state index contributed by atoms with van der Waals surface area (Å²) in [6, 6.07) is 1.22. The van der Waals surface area contributed by atoms with Crippen molar-refractivity contribution < 1.29 is 27.9 Å². The van der Waals surface area contributed by atoms with Crippen LogP contribution in [0.3, 0.4) is 0 Å². The number of amides is 1. The summed E-state index contributed by atoms with van der Waals surface area (Å²) in [4.78, 5) is 23.0. The number of nitrogens with one attached hydrogen (secondary N) is 1. The molecule has 0 aromatic heterocycles. The highest BCUT2D eigenvalue weighted by atomic mass is 19.1. The molecular formula is C14H14F3NO3. The van der Waals surface area contributed by atoms with E-state index in [1.54, 1.807) is 0 Å². The van der Waals surface area contributed by atoms with Crippen molar-refractivity contribution in [1.29, 1.82) is 0 Å². The van der Waals surface area contributed by atoms with Gasteiger partial charge in [0.25, 0.3) is 0 Å². The molecule has 0 radical (unpaired) electrons. The monoisotopic (exact) mass is 301 g/mol. The lowest BCUT2D eigenvalue weighted by molar-refractivity contribution is -0.144. The Balaban J connectivity index is 2.29. The van der Waals surface area contributed by atoms with E-state index in [9.17, 15) is 22.8 Å². The maximum atomic E-state index is 13.9. The SMILES string of the molecule is O=C(O)C(CF)NC(=O)C1(c2ccc(F)cc2F)CCC1. The van der Waals surface area contributed by atoms with Crippen LogP contribution in [0.1, 0.15) is 24.8 Å². The van der Waals surface area contributed by atoms with Gasteiger partial charge in [-0.05, 0) is 18.9 Å². The fourth-order valence-electron chi connectivity index (χ4n) is 2.49. The Bertz CT molecular complexity index is 573. The van der Waals surface area contributed by atoms with Gasteiger partial charge in [-0.1, -0.05) is 12.5 Å². The molecule has 1 unspecified atom stereocenters. The summed E-state index contributed by atoms with van der Waals surface area (Å²) in [5.41, 5.74) is -1.24. The molecule has 1 aliphatic rings. The second kappa shape index (κ2) is 5.75. The largest absolute Gasteiger partial charge is 0.480 e. The van der Waals surface area contributed by atoms with Crippen molar-refractivity contribution in [3.8, 4) is 0 Å². The number of benzene rings is 1. The summed E-state index contributed by atoms with van der Waals surface area (Å²) >= 11 is 0. The molecule has 4 nitrogen and oxygen atoms in total. The minimum atomic E-state index is -1.67. The van der Waals surface area contributed by atoms with Crippen molar-refractivity contribution in [2.45, 2.75) is 30.7 Å². The third-order valence-corrected chi connectivity index (χ3v) is 3.85. The normalized spacial score (nSPS) is 17.7. The molecule has 1 fully saturated rings. The summed E-state index contributed by atoms with van der Waals surface area (Å²) in [6.45, 7) is -1.26. The number of carbonyl (C=O) groups is 2. The smallest absolute Gasteiger partial charge is 0.328 e. The molecule has 2 rings (SSSR count). The van der Waals surface area contributed by atoms with E-state index in [4.69, 9.17) is 5.11 Å². The summed E-state index contributed by atoms with van der Waals surface area (Å²) in [7, 11) is 0. The highest BCUT2D eigenvalue weighted by molar-refractivity contribution is 5.92. The summed E-state index contributed by atoms with van der Waals surface area (Å²) in [6.07, 6.45) is 1.26. The Morgan fingerprint density at radius 1 is 1.33 bits per heavy atom. The molecule has 0 heterocycles. The van der Waals surface area contributed by atoms with Crippen molar-refractivity contribution in [1.82, 2.24) is 5.32 Å². The number of carboxylic acids is 1. The number of halogens is 3. The molecule has 114 valence electrons. The predicted molar refractivity (Wildman–Crippen MR) is 67.4 cm³/mol. The molecule has 1 aliphatic carbocycles. The quantitative estimate of drug-likeness (QED) is 0.873. The Morgan fingerprint density at radius 3 is 2.43 bits per heavy atom. The van der Waals surface area contributed by atoms with Crippen LogP contribution in [-0.2, 0) is 15.0 Å².